The van der Waals surface area contributed by atoms with Gasteiger partial charge in [0, 0.05) is 23.2 Å². The zero-order valence-corrected chi connectivity index (χ0v) is 11.8. The molecule has 3 rings (SSSR count). The highest BCUT2D eigenvalue weighted by Crippen LogP contribution is 2.36. The molecule has 1 aliphatic rings. The van der Waals surface area contributed by atoms with Crippen molar-refractivity contribution in [3.05, 3.63) is 23.5 Å². The molecule has 4 nitrogen and oxygen atoms in total. The number of aromatic nitrogens is 3. The van der Waals surface area contributed by atoms with Gasteiger partial charge >= 0.3 is 0 Å². The fourth-order valence-corrected chi connectivity index (χ4v) is 3.23. The summed E-state index contributed by atoms with van der Waals surface area (Å²) < 4.78 is 1.75. The van der Waals surface area contributed by atoms with Gasteiger partial charge in [-0.1, -0.05) is 26.7 Å². The molecular weight excluding hydrogens is 236 g/mol. The summed E-state index contributed by atoms with van der Waals surface area (Å²) in [6.07, 6.45) is 8.20. The van der Waals surface area contributed by atoms with Gasteiger partial charge in [-0.2, -0.15) is 9.61 Å². The van der Waals surface area contributed by atoms with Crippen LogP contribution in [-0.4, -0.2) is 14.6 Å². The molecule has 0 radical (unpaired) electrons. The number of nitrogens with two attached hydrogens (primary N) is 1. The van der Waals surface area contributed by atoms with Crippen molar-refractivity contribution in [1.29, 1.82) is 0 Å². The summed E-state index contributed by atoms with van der Waals surface area (Å²) in [7, 11) is 0. The first-order valence-corrected chi connectivity index (χ1v) is 7.33. The van der Waals surface area contributed by atoms with Gasteiger partial charge in [-0.05, 0) is 25.2 Å². The van der Waals surface area contributed by atoms with Gasteiger partial charge in [0.25, 0.3) is 0 Å². The average molecular weight is 258 g/mol. The lowest BCUT2D eigenvalue weighted by atomic mass is 9.89. The van der Waals surface area contributed by atoms with Crippen molar-refractivity contribution in [3.63, 3.8) is 0 Å². The molecule has 1 atom stereocenters. The summed E-state index contributed by atoms with van der Waals surface area (Å²) in [5.74, 6) is 1.96. The summed E-state index contributed by atoms with van der Waals surface area (Å²) in [5, 5.41) is 4.32. The topological polar surface area (TPSA) is 56.2 Å². The quantitative estimate of drug-likeness (QED) is 0.920. The highest BCUT2D eigenvalue weighted by molar-refractivity contribution is 5.53. The Balaban J connectivity index is 2.03. The Labute approximate surface area is 114 Å². The second kappa shape index (κ2) is 4.83. The fraction of sp³-hybridized carbons (Fsp3) is 0.600. The van der Waals surface area contributed by atoms with Crippen LogP contribution in [0.2, 0.25) is 0 Å². The molecule has 2 N–H and O–H groups in total. The van der Waals surface area contributed by atoms with E-state index in [9.17, 15) is 0 Å². The molecule has 0 aromatic carbocycles. The van der Waals surface area contributed by atoms with E-state index >= 15 is 0 Å². The Morgan fingerprint density at radius 1 is 1.42 bits per heavy atom. The maximum absolute atomic E-state index is 6.12. The summed E-state index contributed by atoms with van der Waals surface area (Å²) >= 11 is 0. The van der Waals surface area contributed by atoms with Crippen LogP contribution < -0.4 is 5.73 Å². The van der Waals surface area contributed by atoms with Crippen LogP contribution in [0, 0.1) is 5.92 Å². The van der Waals surface area contributed by atoms with Crippen LogP contribution in [0.5, 0.6) is 0 Å². The molecule has 0 spiro atoms. The van der Waals surface area contributed by atoms with E-state index in [0.717, 1.165) is 23.7 Å². The van der Waals surface area contributed by atoms with Crippen LogP contribution >= 0.6 is 0 Å². The minimum Gasteiger partial charge on any atom is -0.384 e. The highest BCUT2D eigenvalue weighted by atomic mass is 15.3. The molecule has 2 aromatic heterocycles. The first-order chi connectivity index (χ1) is 9.20. The van der Waals surface area contributed by atoms with Crippen molar-refractivity contribution < 1.29 is 0 Å². The standard InChI is InChI=1S/C15H22N4/c1-3-11-9-17-19-14(16)8-13(18-15(11)19)10(2)12-6-4-5-7-12/h8-10,12H,3-7,16H2,1-2H3. The summed E-state index contributed by atoms with van der Waals surface area (Å²) in [4.78, 5) is 4.83. The van der Waals surface area contributed by atoms with E-state index in [4.69, 9.17) is 10.7 Å². The fourth-order valence-electron chi connectivity index (χ4n) is 3.23. The number of fused-ring (bicyclic) bond motifs is 1. The Morgan fingerprint density at radius 3 is 2.84 bits per heavy atom. The van der Waals surface area contributed by atoms with Gasteiger partial charge < -0.3 is 5.73 Å². The van der Waals surface area contributed by atoms with Gasteiger partial charge in [0.1, 0.15) is 5.82 Å². The molecule has 0 bridgehead atoms. The third kappa shape index (κ3) is 2.09. The predicted molar refractivity (Wildman–Crippen MR) is 77.2 cm³/mol. The first kappa shape index (κ1) is 12.5. The Morgan fingerprint density at radius 2 is 2.16 bits per heavy atom. The zero-order valence-electron chi connectivity index (χ0n) is 11.8. The second-order valence-corrected chi connectivity index (χ2v) is 5.70. The highest BCUT2D eigenvalue weighted by Gasteiger charge is 2.24. The molecule has 1 saturated carbocycles. The van der Waals surface area contributed by atoms with Crippen molar-refractivity contribution in [2.45, 2.75) is 51.9 Å². The smallest absolute Gasteiger partial charge is 0.160 e. The lowest BCUT2D eigenvalue weighted by Crippen LogP contribution is -2.11. The minimum atomic E-state index is 0.495. The first-order valence-electron chi connectivity index (χ1n) is 7.33. The zero-order chi connectivity index (χ0) is 13.4. The summed E-state index contributed by atoms with van der Waals surface area (Å²) in [5.41, 5.74) is 9.36. The third-order valence-corrected chi connectivity index (χ3v) is 4.55. The van der Waals surface area contributed by atoms with Crippen LogP contribution in [-0.2, 0) is 6.42 Å². The lowest BCUT2D eigenvalue weighted by molar-refractivity contribution is 0.453. The molecule has 1 aliphatic carbocycles. The molecule has 1 fully saturated rings. The molecular formula is C15H22N4. The number of aryl methyl sites for hydroxylation is 1. The number of rotatable bonds is 3. The van der Waals surface area contributed by atoms with E-state index < -0.39 is 0 Å². The van der Waals surface area contributed by atoms with Crippen molar-refractivity contribution >= 4 is 11.5 Å². The average Bonchev–Trinajstić information content (AvgIpc) is 3.06. The van der Waals surface area contributed by atoms with Gasteiger partial charge in [-0.3, -0.25) is 0 Å². The van der Waals surface area contributed by atoms with E-state index in [0.29, 0.717) is 11.7 Å². The number of nitrogen functional groups attached to an aromatic ring is 1. The molecule has 4 heteroatoms. The monoisotopic (exact) mass is 258 g/mol. The molecule has 0 amide bonds. The normalized spacial score (nSPS) is 18.2. The number of nitrogens with zero attached hydrogens (tertiary/aromatic N) is 3. The lowest BCUT2D eigenvalue weighted by Gasteiger charge is -2.19. The number of hydrogen-bond acceptors (Lipinski definition) is 3. The molecule has 2 heterocycles. The Bertz CT molecular complexity index is 581. The van der Waals surface area contributed by atoms with E-state index in [1.807, 2.05) is 12.3 Å². The van der Waals surface area contributed by atoms with E-state index in [2.05, 4.69) is 18.9 Å². The second-order valence-electron chi connectivity index (χ2n) is 5.70. The van der Waals surface area contributed by atoms with Crippen molar-refractivity contribution in [1.82, 2.24) is 14.6 Å². The van der Waals surface area contributed by atoms with Crippen LogP contribution in [0.25, 0.3) is 5.65 Å². The molecule has 19 heavy (non-hydrogen) atoms. The summed E-state index contributed by atoms with van der Waals surface area (Å²) in [6, 6.07) is 2.00. The van der Waals surface area contributed by atoms with Gasteiger partial charge in [0.15, 0.2) is 5.65 Å². The molecule has 0 aliphatic heterocycles. The SMILES string of the molecule is CCc1cnn2c(N)cc(C(C)C3CCCC3)nc12. The maximum Gasteiger partial charge on any atom is 0.160 e. The number of hydrogen-bond donors (Lipinski definition) is 1. The largest absolute Gasteiger partial charge is 0.384 e. The Hall–Kier alpha value is -1.58. The molecule has 2 aromatic rings. The van der Waals surface area contributed by atoms with E-state index in [1.165, 1.54) is 31.2 Å². The maximum atomic E-state index is 6.12. The van der Waals surface area contributed by atoms with Gasteiger partial charge in [-0.15, -0.1) is 0 Å². The van der Waals surface area contributed by atoms with Crippen molar-refractivity contribution in [2.75, 3.05) is 5.73 Å². The summed E-state index contributed by atoms with van der Waals surface area (Å²) in [6.45, 7) is 4.41. The molecule has 1 unspecified atom stereocenters. The Kier molecular flexibility index (Phi) is 3.17. The van der Waals surface area contributed by atoms with Crippen molar-refractivity contribution in [2.24, 2.45) is 5.92 Å². The molecule has 102 valence electrons. The van der Waals surface area contributed by atoms with Crippen LogP contribution in [0.15, 0.2) is 12.3 Å². The van der Waals surface area contributed by atoms with Gasteiger partial charge in [-0.25, -0.2) is 4.98 Å². The van der Waals surface area contributed by atoms with E-state index in [-0.39, 0.29) is 0 Å². The molecule has 0 saturated heterocycles. The van der Waals surface area contributed by atoms with Gasteiger partial charge in [0.2, 0.25) is 0 Å². The van der Waals surface area contributed by atoms with Gasteiger partial charge in [0.05, 0.1) is 6.20 Å². The number of anilines is 1. The van der Waals surface area contributed by atoms with E-state index in [1.54, 1.807) is 4.52 Å². The van der Waals surface area contributed by atoms with Crippen LogP contribution in [0.1, 0.15) is 56.7 Å². The van der Waals surface area contributed by atoms with Crippen molar-refractivity contribution in [3.8, 4) is 0 Å². The van der Waals surface area contributed by atoms with Crippen LogP contribution in [0.4, 0.5) is 5.82 Å². The minimum absolute atomic E-state index is 0.495. The third-order valence-electron chi connectivity index (χ3n) is 4.55. The van der Waals surface area contributed by atoms with Crippen LogP contribution in [0.3, 0.4) is 0 Å². The predicted octanol–water partition coefficient (Wildman–Crippen LogP) is 3.17.